The van der Waals surface area contributed by atoms with Gasteiger partial charge in [0.1, 0.15) is 5.01 Å². The van der Waals surface area contributed by atoms with Gasteiger partial charge in [0, 0.05) is 36.4 Å². The Kier molecular flexibility index (Phi) is 5.52. The summed E-state index contributed by atoms with van der Waals surface area (Å²) in [5.74, 6) is 0. The molecule has 0 aliphatic heterocycles. The Balaban J connectivity index is 1.62. The third-order valence-corrected chi connectivity index (χ3v) is 4.30. The lowest BCUT2D eigenvalue weighted by molar-refractivity contribution is 0.184. The summed E-state index contributed by atoms with van der Waals surface area (Å²) >= 11 is 1.64. The predicted molar refractivity (Wildman–Crippen MR) is 91.1 cm³/mol. The normalized spacial score (nSPS) is 11.2. The molecule has 0 radical (unpaired) electrons. The van der Waals surface area contributed by atoms with Crippen LogP contribution in [-0.2, 0) is 19.6 Å². The molecule has 120 valence electrons. The lowest BCUT2D eigenvalue weighted by Gasteiger charge is -2.19. The molecule has 0 saturated carbocycles. The van der Waals surface area contributed by atoms with Crippen molar-refractivity contribution in [1.82, 2.24) is 19.7 Å². The van der Waals surface area contributed by atoms with E-state index in [1.807, 2.05) is 40.7 Å². The molecule has 0 unspecified atom stereocenters. The molecule has 0 bridgehead atoms. The second kappa shape index (κ2) is 8.01. The van der Waals surface area contributed by atoms with Crippen LogP contribution in [0, 0.1) is 0 Å². The minimum Gasteiger partial charge on any atom is -0.395 e. The van der Waals surface area contributed by atoms with E-state index >= 15 is 0 Å². The monoisotopic (exact) mass is 328 g/mol. The molecule has 0 saturated heterocycles. The number of aliphatic hydroxyl groups excluding tert-OH is 1. The quantitative estimate of drug-likeness (QED) is 0.690. The molecule has 23 heavy (non-hydrogen) atoms. The van der Waals surface area contributed by atoms with Gasteiger partial charge in [0.05, 0.1) is 25.9 Å². The van der Waals surface area contributed by atoms with Gasteiger partial charge in [0.25, 0.3) is 0 Å². The Labute approximate surface area is 139 Å². The van der Waals surface area contributed by atoms with Crippen molar-refractivity contribution < 1.29 is 5.11 Å². The maximum atomic E-state index is 9.26. The first-order valence-corrected chi connectivity index (χ1v) is 8.48. The fourth-order valence-corrected chi connectivity index (χ4v) is 3.14. The van der Waals surface area contributed by atoms with E-state index in [1.165, 1.54) is 5.56 Å². The van der Waals surface area contributed by atoms with Gasteiger partial charge in [-0.15, -0.1) is 11.3 Å². The first-order valence-electron chi connectivity index (χ1n) is 7.60. The molecule has 2 heterocycles. The molecule has 6 heteroatoms. The highest BCUT2D eigenvalue weighted by Crippen LogP contribution is 2.12. The Morgan fingerprint density at radius 1 is 1.13 bits per heavy atom. The van der Waals surface area contributed by atoms with Gasteiger partial charge in [-0.25, -0.2) is 4.98 Å². The molecule has 1 N–H and O–H groups in total. The molecule has 1 aromatic carbocycles. The van der Waals surface area contributed by atoms with Crippen LogP contribution in [0.4, 0.5) is 0 Å². The summed E-state index contributed by atoms with van der Waals surface area (Å²) in [6, 6.07) is 10.3. The van der Waals surface area contributed by atoms with E-state index in [0.29, 0.717) is 6.54 Å². The lowest BCUT2D eigenvalue weighted by atomic mass is 10.2. The number of hydrogen-bond donors (Lipinski definition) is 1. The van der Waals surface area contributed by atoms with Crippen molar-refractivity contribution in [2.24, 2.45) is 0 Å². The SMILES string of the molecule is OCCN(Cc1cnn(Cc2ccccc2)c1)Cc1nccs1. The molecular weight excluding hydrogens is 308 g/mol. The van der Waals surface area contributed by atoms with E-state index in [0.717, 1.165) is 30.2 Å². The summed E-state index contributed by atoms with van der Waals surface area (Å²) in [4.78, 5) is 6.50. The van der Waals surface area contributed by atoms with Gasteiger partial charge in [0.2, 0.25) is 0 Å². The average molecular weight is 328 g/mol. The molecule has 0 spiro atoms. The van der Waals surface area contributed by atoms with Gasteiger partial charge >= 0.3 is 0 Å². The van der Waals surface area contributed by atoms with Crippen LogP contribution in [0.1, 0.15) is 16.1 Å². The number of hydrogen-bond acceptors (Lipinski definition) is 5. The maximum Gasteiger partial charge on any atom is 0.107 e. The number of thiazole rings is 1. The summed E-state index contributed by atoms with van der Waals surface area (Å²) in [6.45, 7) is 3.05. The highest BCUT2D eigenvalue weighted by atomic mass is 32.1. The Morgan fingerprint density at radius 2 is 2.00 bits per heavy atom. The Morgan fingerprint density at radius 3 is 2.74 bits per heavy atom. The molecule has 0 atom stereocenters. The van der Waals surface area contributed by atoms with E-state index < -0.39 is 0 Å². The van der Waals surface area contributed by atoms with Crippen molar-refractivity contribution >= 4 is 11.3 Å². The predicted octanol–water partition coefficient (Wildman–Crippen LogP) is 2.38. The van der Waals surface area contributed by atoms with E-state index in [4.69, 9.17) is 0 Å². The summed E-state index contributed by atoms with van der Waals surface area (Å²) in [5, 5.41) is 16.7. The highest BCUT2D eigenvalue weighted by molar-refractivity contribution is 7.09. The fourth-order valence-electron chi connectivity index (χ4n) is 2.48. The molecule has 5 nitrogen and oxygen atoms in total. The van der Waals surface area contributed by atoms with Gasteiger partial charge in [-0.1, -0.05) is 30.3 Å². The lowest BCUT2D eigenvalue weighted by Crippen LogP contribution is -2.25. The fraction of sp³-hybridized carbons (Fsp3) is 0.294. The van der Waals surface area contributed by atoms with Crippen molar-refractivity contribution in [3.63, 3.8) is 0 Å². The minimum absolute atomic E-state index is 0.142. The number of aliphatic hydroxyl groups is 1. The van der Waals surface area contributed by atoms with Crippen LogP contribution in [0.5, 0.6) is 0 Å². The topological polar surface area (TPSA) is 54.2 Å². The van der Waals surface area contributed by atoms with Crippen LogP contribution in [0.25, 0.3) is 0 Å². The molecule has 0 aliphatic rings. The smallest absolute Gasteiger partial charge is 0.107 e. The van der Waals surface area contributed by atoms with Crippen molar-refractivity contribution in [1.29, 1.82) is 0 Å². The zero-order chi connectivity index (χ0) is 15.9. The van der Waals surface area contributed by atoms with Crippen LogP contribution in [-0.4, -0.2) is 37.9 Å². The van der Waals surface area contributed by atoms with Crippen LogP contribution in [0.3, 0.4) is 0 Å². The summed E-state index contributed by atoms with van der Waals surface area (Å²) < 4.78 is 1.95. The summed E-state index contributed by atoms with van der Waals surface area (Å²) in [6.07, 6.45) is 5.78. The first-order chi connectivity index (χ1) is 11.3. The largest absolute Gasteiger partial charge is 0.395 e. The minimum atomic E-state index is 0.142. The van der Waals surface area contributed by atoms with E-state index in [1.54, 1.807) is 11.3 Å². The maximum absolute atomic E-state index is 9.26. The zero-order valence-corrected chi connectivity index (χ0v) is 13.7. The standard InChI is InChI=1S/C17H20N4OS/c22-8-7-20(14-17-18-6-9-23-17)11-16-10-19-21(13-16)12-15-4-2-1-3-5-15/h1-6,9-10,13,22H,7-8,11-12,14H2. The molecule has 0 aliphatic carbocycles. The molecule has 2 aromatic heterocycles. The van der Waals surface area contributed by atoms with Crippen molar-refractivity contribution in [2.45, 2.75) is 19.6 Å². The summed E-state index contributed by atoms with van der Waals surface area (Å²) in [5.41, 5.74) is 2.38. The van der Waals surface area contributed by atoms with Crippen molar-refractivity contribution in [3.05, 3.63) is 70.4 Å². The van der Waals surface area contributed by atoms with Crippen LogP contribution in [0.2, 0.25) is 0 Å². The number of nitrogens with zero attached hydrogens (tertiary/aromatic N) is 4. The van der Waals surface area contributed by atoms with Gasteiger partial charge in [-0.2, -0.15) is 5.10 Å². The van der Waals surface area contributed by atoms with Gasteiger partial charge in [0.15, 0.2) is 0 Å². The molecule has 0 amide bonds. The van der Waals surface area contributed by atoms with Crippen LogP contribution >= 0.6 is 11.3 Å². The Hall–Kier alpha value is -2.02. The van der Waals surface area contributed by atoms with E-state index in [2.05, 4.69) is 33.3 Å². The molecule has 3 rings (SSSR count). The van der Waals surface area contributed by atoms with Gasteiger partial charge < -0.3 is 5.11 Å². The molecule has 3 aromatic rings. The molecule has 0 fully saturated rings. The van der Waals surface area contributed by atoms with Gasteiger partial charge in [-0.05, 0) is 5.56 Å². The average Bonchev–Trinajstić information content (AvgIpc) is 3.21. The van der Waals surface area contributed by atoms with Crippen molar-refractivity contribution in [3.8, 4) is 0 Å². The number of benzene rings is 1. The van der Waals surface area contributed by atoms with E-state index in [9.17, 15) is 5.11 Å². The third kappa shape index (κ3) is 4.72. The third-order valence-electron chi connectivity index (χ3n) is 3.54. The van der Waals surface area contributed by atoms with Crippen molar-refractivity contribution in [2.75, 3.05) is 13.2 Å². The second-order valence-corrected chi connectivity index (χ2v) is 6.37. The zero-order valence-electron chi connectivity index (χ0n) is 12.9. The highest BCUT2D eigenvalue weighted by Gasteiger charge is 2.10. The molecular formula is C17H20N4OS. The summed E-state index contributed by atoms with van der Waals surface area (Å²) in [7, 11) is 0. The van der Waals surface area contributed by atoms with Gasteiger partial charge in [-0.3, -0.25) is 9.58 Å². The Bertz CT molecular complexity index is 696. The first kappa shape index (κ1) is 15.9. The van der Waals surface area contributed by atoms with E-state index in [-0.39, 0.29) is 6.61 Å². The number of aromatic nitrogens is 3. The second-order valence-electron chi connectivity index (χ2n) is 5.39. The number of rotatable bonds is 8. The van der Waals surface area contributed by atoms with Crippen LogP contribution in [0.15, 0.2) is 54.3 Å². The van der Waals surface area contributed by atoms with Crippen LogP contribution < -0.4 is 0 Å².